The topological polar surface area (TPSA) is 93.5 Å². The monoisotopic (exact) mass is 293 g/mol. The predicted molar refractivity (Wildman–Crippen MR) is 76.7 cm³/mol. The fourth-order valence-electron chi connectivity index (χ4n) is 2.38. The molecule has 1 aliphatic heterocycles. The maximum absolute atomic E-state index is 12.2. The lowest BCUT2D eigenvalue weighted by Gasteiger charge is -2.17. The molecule has 1 saturated heterocycles. The van der Waals surface area contributed by atoms with Crippen molar-refractivity contribution in [1.29, 1.82) is 0 Å². The highest BCUT2D eigenvalue weighted by molar-refractivity contribution is 5.79. The summed E-state index contributed by atoms with van der Waals surface area (Å²) in [5, 5.41) is 16.7. The van der Waals surface area contributed by atoms with E-state index in [1.807, 2.05) is 6.92 Å². The van der Waals surface area contributed by atoms with Crippen molar-refractivity contribution in [1.82, 2.24) is 10.6 Å². The number of nitro groups is 1. The Morgan fingerprint density at radius 1 is 1.48 bits per heavy atom. The number of rotatable bonds is 6. The molecule has 2 N–H and O–H groups in total. The summed E-state index contributed by atoms with van der Waals surface area (Å²) in [6.07, 6.45) is 0. The maximum Gasteiger partial charge on any atom is 0.269 e. The van der Waals surface area contributed by atoms with E-state index in [0.29, 0.717) is 18.8 Å². The number of nitrogens with one attached hydrogen (secondary N) is 2. The van der Waals surface area contributed by atoms with Gasteiger partial charge in [-0.3, -0.25) is 14.9 Å². The van der Waals surface area contributed by atoms with E-state index in [1.165, 1.54) is 12.1 Å². The van der Waals surface area contributed by atoms with Crippen molar-refractivity contribution in [3.8, 4) is 0 Å². The number of hydrogen-bond donors (Lipinski definition) is 2. The van der Waals surface area contributed by atoms with Gasteiger partial charge in [0.25, 0.3) is 5.69 Å². The molecule has 2 rings (SSSR count). The normalized spacial score (nSPS) is 21.2. The zero-order chi connectivity index (χ0) is 15.2. The lowest BCUT2D eigenvalue weighted by Crippen LogP contribution is -2.43. The summed E-state index contributed by atoms with van der Waals surface area (Å²) in [5.41, 5.74) is 0.730. The number of carbonyl (C=O) groups is 1. The molecule has 21 heavy (non-hydrogen) atoms. The molecule has 7 heteroatoms. The van der Waals surface area contributed by atoms with Crippen molar-refractivity contribution in [2.24, 2.45) is 5.92 Å². The highest BCUT2D eigenvalue weighted by atomic mass is 16.6. The van der Waals surface area contributed by atoms with E-state index in [0.717, 1.165) is 6.54 Å². The Bertz CT molecular complexity index is 521. The van der Waals surface area contributed by atoms with Crippen molar-refractivity contribution >= 4 is 11.6 Å². The van der Waals surface area contributed by atoms with Gasteiger partial charge >= 0.3 is 0 Å². The maximum atomic E-state index is 12.2. The Morgan fingerprint density at radius 3 is 3.00 bits per heavy atom. The van der Waals surface area contributed by atoms with Crippen LogP contribution < -0.4 is 10.6 Å². The second kappa shape index (κ2) is 7.14. The van der Waals surface area contributed by atoms with E-state index in [1.54, 1.807) is 12.1 Å². The minimum absolute atomic E-state index is 0.0245. The molecule has 0 saturated carbocycles. The lowest BCUT2D eigenvalue weighted by atomic mass is 10.0. The van der Waals surface area contributed by atoms with E-state index >= 15 is 0 Å². The Labute approximate surface area is 122 Å². The standard InChI is InChI=1S/C14H19N3O4/c1-2-15-13-9-21-8-12(13)14(18)16-7-10-4-3-5-11(6-10)17(19)20/h3-6,12-13,15H,2,7-9H2,1H3,(H,16,18). The number of non-ortho nitro benzene ring substituents is 1. The minimum atomic E-state index is -0.447. The van der Waals surface area contributed by atoms with Crippen LogP contribution in [-0.4, -0.2) is 36.6 Å². The van der Waals surface area contributed by atoms with Gasteiger partial charge < -0.3 is 15.4 Å². The Kier molecular flexibility index (Phi) is 5.24. The molecule has 1 heterocycles. The van der Waals surface area contributed by atoms with Crippen molar-refractivity contribution < 1.29 is 14.5 Å². The Hall–Kier alpha value is -1.99. The van der Waals surface area contributed by atoms with Crippen LogP contribution in [0.4, 0.5) is 5.69 Å². The van der Waals surface area contributed by atoms with E-state index < -0.39 is 4.92 Å². The van der Waals surface area contributed by atoms with Crippen molar-refractivity contribution in [2.75, 3.05) is 19.8 Å². The largest absolute Gasteiger partial charge is 0.379 e. The van der Waals surface area contributed by atoms with Gasteiger partial charge in [0.15, 0.2) is 0 Å². The molecule has 1 fully saturated rings. The van der Waals surface area contributed by atoms with Gasteiger partial charge in [-0.1, -0.05) is 19.1 Å². The molecular weight excluding hydrogens is 274 g/mol. The molecule has 2 unspecified atom stereocenters. The summed E-state index contributed by atoms with van der Waals surface area (Å²) in [7, 11) is 0. The number of nitrogens with zero attached hydrogens (tertiary/aromatic N) is 1. The summed E-state index contributed by atoms with van der Waals surface area (Å²) in [5.74, 6) is -0.311. The van der Waals surface area contributed by atoms with Crippen LogP contribution >= 0.6 is 0 Å². The summed E-state index contributed by atoms with van der Waals surface area (Å²) >= 11 is 0. The molecule has 2 atom stereocenters. The van der Waals surface area contributed by atoms with Gasteiger partial charge in [0, 0.05) is 24.7 Å². The van der Waals surface area contributed by atoms with E-state index in [9.17, 15) is 14.9 Å². The third-order valence-corrected chi connectivity index (χ3v) is 3.47. The van der Waals surface area contributed by atoms with Gasteiger partial charge in [0.1, 0.15) is 0 Å². The first-order valence-electron chi connectivity index (χ1n) is 6.94. The molecule has 114 valence electrons. The molecule has 0 radical (unpaired) electrons. The molecule has 0 aromatic heterocycles. The summed E-state index contributed by atoms with van der Waals surface area (Å²) in [6.45, 7) is 3.97. The molecule has 1 aromatic carbocycles. The lowest BCUT2D eigenvalue weighted by molar-refractivity contribution is -0.384. The molecule has 7 nitrogen and oxygen atoms in total. The fourth-order valence-corrected chi connectivity index (χ4v) is 2.38. The van der Waals surface area contributed by atoms with Crippen molar-refractivity contribution in [3.05, 3.63) is 39.9 Å². The number of ether oxygens (including phenoxy) is 1. The third kappa shape index (κ3) is 3.99. The van der Waals surface area contributed by atoms with Crippen LogP contribution in [0, 0.1) is 16.0 Å². The minimum Gasteiger partial charge on any atom is -0.379 e. The molecule has 0 aliphatic carbocycles. The first-order valence-corrected chi connectivity index (χ1v) is 6.94. The highest BCUT2D eigenvalue weighted by Crippen LogP contribution is 2.15. The van der Waals surface area contributed by atoms with Crippen LogP contribution in [0.1, 0.15) is 12.5 Å². The van der Waals surface area contributed by atoms with Crippen LogP contribution in [0.2, 0.25) is 0 Å². The molecule has 0 bridgehead atoms. The number of amides is 1. The number of nitro benzene ring substituents is 1. The van der Waals surface area contributed by atoms with Crippen LogP contribution in [0.15, 0.2) is 24.3 Å². The number of benzene rings is 1. The molecule has 1 amide bonds. The van der Waals surface area contributed by atoms with Gasteiger partial charge in [-0.05, 0) is 12.1 Å². The van der Waals surface area contributed by atoms with Gasteiger partial charge in [-0.25, -0.2) is 0 Å². The highest BCUT2D eigenvalue weighted by Gasteiger charge is 2.33. The Morgan fingerprint density at radius 2 is 2.29 bits per heavy atom. The van der Waals surface area contributed by atoms with Crippen LogP contribution in [0.3, 0.4) is 0 Å². The molecular formula is C14H19N3O4. The number of carbonyl (C=O) groups excluding carboxylic acids is 1. The first-order chi connectivity index (χ1) is 10.1. The molecule has 0 spiro atoms. The average Bonchev–Trinajstić information content (AvgIpc) is 2.94. The van der Waals surface area contributed by atoms with Crippen molar-refractivity contribution in [2.45, 2.75) is 19.5 Å². The Balaban J connectivity index is 1.91. The van der Waals surface area contributed by atoms with Crippen molar-refractivity contribution in [3.63, 3.8) is 0 Å². The van der Waals surface area contributed by atoms with E-state index in [4.69, 9.17) is 4.74 Å². The average molecular weight is 293 g/mol. The molecule has 1 aliphatic rings. The summed E-state index contributed by atoms with van der Waals surface area (Å²) in [6, 6.07) is 6.28. The third-order valence-electron chi connectivity index (χ3n) is 3.47. The van der Waals surface area contributed by atoms with Gasteiger partial charge in [-0.15, -0.1) is 0 Å². The quantitative estimate of drug-likeness (QED) is 0.598. The van der Waals surface area contributed by atoms with Gasteiger partial charge in [0.2, 0.25) is 5.91 Å². The van der Waals surface area contributed by atoms with Gasteiger partial charge in [-0.2, -0.15) is 0 Å². The second-order valence-corrected chi connectivity index (χ2v) is 4.95. The van der Waals surface area contributed by atoms with Crippen LogP contribution in [0.5, 0.6) is 0 Å². The van der Waals surface area contributed by atoms with E-state index in [2.05, 4.69) is 10.6 Å². The number of hydrogen-bond acceptors (Lipinski definition) is 5. The second-order valence-electron chi connectivity index (χ2n) is 4.95. The first kappa shape index (κ1) is 15.4. The van der Waals surface area contributed by atoms with E-state index in [-0.39, 0.29) is 30.1 Å². The SMILES string of the molecule is CCNC1COCC1C(=O)NCc1cccc([N+](=O)[O-])c1. The number of likely N-dealkylation sites (N-methyl/N-ethyl adjacent to an activating group) is 1. The summed E-state index contributed by atoms with van der Waals surface area (Å²) < 4.78 is 5.33. The van der Waals surface area contributed by atoms with Crippen LogP contribution in [0.25, 0.3) is 0 Å². The zero-order valence-corrected chi connectivity index (χ0v) is 11.9. The summed E-state index contributed by atoms with van der Waals surface area (Å²) in [4.78, 5) is 22.4. The fraction of sp³-hybridized carbons (Fsp3) is 0.500. The zero-order valence-electron chi connectivity index (χ0n) is 11.9. The predicted octanol–water partition coefficient (Wildman–Crippen LogP) is 0.836. The smallest absolute Gasteiger partial charge is 0.269 e. The molecule has 1 aromatic rings. The van der Waals surface area contributed by atoms with Crippen LogP contribution in [-0.2, 0) is 16.1 Å². The van der Waals surface area contributed by atoms with Gasteiger partial charge in [0.05, 0.1) is 24.1 Å².